The zero-order valence-corrected chi connectivity index (χ0v) is 13.2. The van der Waals surface area contributed by atoms with E-state index >= 15 is 0 Å². The number of nitriles is 2. The predicted molar refractivity (Wildman–Crippen MR) is 94.1 cm³/mol. The highest BCUT2D eigenvalue weighted by Crippen LogP contribution is 2.35. The topological polar surface area (TPSA) is 47.6 Å². The Labute approximate surface area is 142 Å². The van der Waals surface area contributed by atoms with Crippen LogP contribution in [0.5, 0.6) is 0 Å². The van der Waals surface area contributed by atoms with E-state index in [0.29, 0.717) is 12.0 Å². The molecule has 0 unspecified atom stereocenters. The fourth-order valence-corrected chi connectivity index (χ4v) is 2.99. The summed E-state index contributed by atoms with van der Waals surface area (Å²) in [7, 11) is 0. The van der Waals surface area contributed by atoms with Crippen LogP contribution in [0.15, 0.2) is 84.9 Å². The summed E-state index contributed by atoms with van der Waals surface area (Å²) >= 11 is 0. The molecule has 0 fully saturated rings. The molecule has 0 aliphatic heterocycles. The Morgan fingerprint density at radius 2 is 1.17 bits per heavy atom. The Bertz CT molecular complexity index is 843. The number of rotatable bonds is 4. The van der Waals surface area contributed by atoms with Gasteiger partial charge in [-0.05, 0) is 35.2 Å². The van der Waals surface area contributed by atoms with Gasteiger partial charge in [0.2, 0.25) is 0 Å². The van der Waals surface area contributed by atoms with Crippen molar-refractivity contribution in [3.05, 3.63) is 107 Å². The first-order valence-electron chi connectivity index (χ1n) is 7.80. The first-order chi connectivity index (χ1) is 11.8. The third kappa shape index (κ3) is 2.91. The summed E-state index contributed by atoms with van der Waals surface area (Å²) in [4.78, 5) is 0. The quantitative estimate of drug-likeness (QED) is 0.706. The van der Waals surface area contributed by atoms with Crippen molar-refractivity contribution in [2.24, 2.45) is 0 Å². The second kappa shape index (κ2) is 6.82. The monoisotopic (exact) mass is 308 g/mol. The zero-order valence-electron chi connectivity index (χ0n) is 13.2. The third-order valence-electron chi connectivity index (χ3n) is 4.28. The predicted octanol–water partition coefficient (Wildman–Crippen LogP) is 4.61. The van der Waals surface area contributed by atoms with E-state index < -0.39 is 5.41 Å². The van der Waals surface area contributed by atoms with Crippen molar-refractivity contribution in [2.75, 3.05) is 0 Å². The number of hydrogen-bond acceptors (Lipinski definition) is 2. The lowest BCUT2D eigenvalue weighted by molar-refractivity contribution is 0.653. The van der Waals surface area contributed by atoms with Gasteiger partial charge in [0, 0.05) is 0 Å². The summed E-state index contributed by atoms with van der Waals surface area (Å²) < 4.78 is 0. The molecular weight excluding hydrogens is 292 g/mol. The Balaban J connectivity index is 2.11. The minimum absolute atomic E-state index is 0.559. The van der Waals surface area contributed by atoms with Crippen molar-refractivity contribution in [1.29, 1.82) is 10.5 Å². The van der Waals surface area contributed by atoms with Crippen molar-refractivity contribution in [1.82, 2.24) is 0 Å². The molecule has 0 aliphatic carbocycles. The summed E-state index contributed by atoms with van der Waals surface area (Å²) in [5, 5.41) is 19.1. The minimum atomic E-state index is -0.753. The zero-order chi connectivity index (χ0) is 16.8. The lowest BCUT2D eigenvalue weighted by Gasteiger charge is -2.28. The van der Waals surface area contributed by atoms with Crippen LogP contribution in [0.1, 0.15) is 22.3 Å². The molecule has 0 saturated heterocycles. The second-order valence-electron chi connectivity index (χ2n) is 5.73. The van der Waals surface area contributed by atoms with E-state index in [0.717, 1.165) is 16.7 Å². The first kappa shape index (κ1) is 15.5. The highest BCUT2D eigenvalue weighted by molar-refractivity contribution is 5.48. The Morgan fingerprint density at radius 1 is 0.667 bits per heavy atom. The largest absolute Gasteiger partial charge is 0.197 e. The summed E-state index contributed by atoms with van der Waals surface area (Å²) in [5.74, 6) is 0. The molecular formula is C22H16N2. The number of hydrogen-bond donors (Lipinski definition) is 0. The van der Waals surface area contributed by atoms with Crippen LogP contribution < -0.4 is 0 Å². The molecule has 0 saturated carbocycles. The molecule has 0 amide bonds. The van der Waals surface area contributed by atoms with E-state index in [1.54, 1.807) is 12.1 Å². The normalized spacial score (nSPS) is 10.6. The average Bonchev–Trinajstić information content (AvgIpc) is 2.68. The van der Waals surface area contributed by atoms with Crippen LogP contribution in [0.4, 0.5) is 0 Å². The van der Waals surface area contributed by atoms with Gasteiger partial charge in [-0.3, -0.25) is 0 Å². The molecule has 0 heterocycles. The fraction of sp³-hybridized carbons (Fsp3) is 0.0909. The molecule has 24 heavy (non-hydrogen) atoms. The maximum absolute atomic E-state index is 10.1. The number of nitrogens with zero attached hydrogens (tertiary/aromatic N) is 2. The first-order valence-corrected chi connectivity index (χ1v) is 7.80. The van der Waals surface area contributed by atoms with E-state index in [1.165, 1.54) is 0 Å². The molecule has 2 nitrogen and oxygen atoms in total. The molecule has 0 aromatic heterocycles. The average molecular weight is 308 g/mol. The molecule has 0 bridgehead atoms. The van der Waals surface area contributed by atoms with E-state index in [-0.39, 0.29) is 0 Å². The molecule has 0 radical (unpaired) electrons. The molecule has 0 aliphatic rings. The van der Waals surface area contributed by atoms with E-state index in [4.69, 9.17) is 5.26 Å². The highest BCUT2D eigenvalue weighted by Gasteiger charge is 2.34. The molecule has 0 N–H and O–H groups in total. The van der Waals surface area contributed by atoms with Gasteiger partial charge in [0.05, 0.1) is 17.7 Å². The van der Waals surface area contributed by atoms with Crippen LogP contribution >= 0.6 is 0 Å². The molecule has 3 rings (SSSR count). The fourth-order valence-electron chi connectivity index (χ4n) is 2.99. The molecule has 2 heteroatoms. The van der Waals surface area contributed by atoms with E-state index in [9.17, 15) is 5.26 Å². The van der Waals surface area contributed by atoms with Crippen molar-refractivity contribution < 1.29 is 0 Å². The lowest BCUT2D eigenvalue weighted by atomic mass is 9.71. The van der Waals surface area contributed by atoms with Gasteiger partial charge in [-0.2, -0.15) is 10.5 Å². The van der Waals surface area contributed by atoms with Crippen LogP contribution in [0.25, 0.3) is 0 Å². The molecule has 3 aromatic carbocycles. The number of benzene rings is 3. The Morgan fingerprint density at radius 3 is 1.58 bits per heavy atom. The van der Waals surface area contributed by atoms with Gasteiger partial charge in [-0.1, -0.05) is 72.8 Å². The van der Waals surface area contributed by atoms with Gasteiger partial charge < -0.3 is 0 Å². The van der Waals surface area contributed by atoms with Crippen molar-refractivity contribution in [2.45, 2.75) is 11.8 Å². The molecule has 0 spiro atoms. The SMILES string of the molecule is N#Cc1ccc(CC(C#N)(c2ccccc2)c2ccccc2)cc1. The van der Waals surface area contributed by atoms with Crippen molar-refractivity contribution >= 4 is 0 Å². The lowest BCUT2D eigenvalue weighted by Crippen LogP contribution is -2.28. The van der Waals surface area contributed by atoms with Crippen molar-refractivity contribution in [3.63, 3.8) is 0 Å². The summed E-state index contributed by atoms with van der Waals surface area (Å²) in [6, 6.07) is 31.9. The third-order valence-corrected chi connectivity index (χ3v) is 4.28. The van der Waals surface area contributed by atoms with Gasteiger partial charge >= 0.3 is 0 Å². The van der Waals surface area contributed by atoms with E-state index in [2.05, 4.69) is 12.1 Å². The van der Waals surface area contributed by atoms with Gasteiger partial charge in [0.1, 0.15) is 5.41 Å². The maximum atomic E-state index is 10.1. The van der Waals surface area contributed by atoms with Gasteiger partial charge in [0.15, 0.2) is 0 Å². The molecule has 114 valence electrons. The Kier molecular flexibility index (Phi) is 4.41. The summed E-state index contributed by atoms with van der Waals surface area (Å²) in [6.45, 7) is 0. The highest BCUT2D eigenvalue weighted by atomic mass is 14.4. The van der Waals surface area contributed by atoms with E-state index in [1.807, 2.05) is 72.8 Å². The van der Waals surface area contributed by atoms with Crippen molar-refractivity contribution in [3.8, 4) is 12.1 Å². The van der Waals surface area contributed by atoms with Gasteiger partial charge in [0.25, 0.3) is 0 Å². The standard InChI is InChI=1S/C22H16N2/c23-16-19-13-11-18(12-14-19)15-22(17-24,20-7-3-1-4-8-20)21-9-5-2-6-10-21/h1-14H,15H2. The smallest absolute Gasteiger partial charge is 0.111 e. The molecule has 3 aromatic rings. The van der Waals surface area contributed by atoms with Crippen LogP contribution in [-0.2, 0) is 11.8 Å². The van der Waals surface area contributed by atoms with Gasteiger partial charge in [-0.15, -0.1) is 0 Å². The van der Waals surface area contributed by atoms with Crippen LogP contribution in [0, 0.1) is 22.7 Å². The second-order valence-corrected chi connectivity index (χ2v) is 5.73. The minimum Gasteiger partial charge on any atom is -0.197 e. The maximum Gasteiger partial charge on any atom is 0.111 e. The summed E-state index contributed by atoms with van der Waals surface area (Å²) in [5.41, 5.74) is 2.85. The van der Waals surface area contributed by atoms with Crippen LogP contribution in [-0.4, -0.2) is 0 Å². The summed E-state index contributed by atoms with van der Waals surface area (Å²) in [6.07, 6.45) is 0.559. The van der Waals surface area contributed by atoms with Crippen LogP contribution in [0.2, 0.25) is 0 Å². The van der Waals surface area contributed by atoms with Gasteiger partial charge in [-0.25, -0.2) is 0 Å². The Hall–Kier alpha value is -3.36. The molecule has 0 atom stereocenters. The van der Waals surface area contributed by atoms with Crippen LogP contribution in [0.3, 0.4) is 0 Å².